The molecule has 5 saturated heterocycles. The number of carbonyl (C=O) groups excluding carboxylic acids is 14. The van der Waals surface area contributed by atoms with Crippen molar-refractivity contribution < 1.29 is 176 Å². The van der Waals surface area contributed by atoms with E-state index in [1.165, 1.54) is 13.8 Å². The third-order valence-electron chi connectivity index (χ3n) is 14.2. The average molecular weight is 1380 g/mol. The standard InChI is InChI=1S/C58H81NO37/c1-20-40(80-26(7)64)46(84-30(11)68)51(88-34(15)72)56(78-20)94-45-39(59-22(3)60)55(95-48-43(82-28(9)66)36(17-75-23(4)61)90-54(74)50(48)87-33(14)71)91-37(18-76-24(5)62)42(45)93-58-53(49(86-32(13)70)44(83-29(10)67)38(92-58)19-77-25(6)63)96-57-52(89-35(16)73)47(85-31(12)69)41(21(2)79-57)81-27(8)65/h20-21,36-58,74H,17-19H2,1-16H3,(H,59,60)/t20?,21?,36?,37?,38?,39?,40-,41+,42+,43+,44+,45-,46?,47-,48+,49+,50?,51+,52?,53?,54-,55+,56-,57+,58+/m1/s1. The molecule has 0 aromatic heterocycles. The molecule has 5 aliphatic rings. The van der Waals surface area contributed by atoms with E-state index in [1.54, 1.807) is 0 Å². The van der Waals surface area contributed by atoms with Crippen LogP contribution in [-0.4, -0.2) is 262 Å². The van der Waals surface area contributed by atoms with Crippen molar-refractivity contribution in [3.8, 4) is 0 Å². The molecule has 96 heavy (non-hydrogen) atoms. The molecule has 2 N–H and O–H groups in total. The first-order chi connectivity index (χ1) is 44.8. The van der Waals surface area contributed by atoms with Gasteiger partial charge >= 0.3 is 77.6 Å². The first-order valence-electron chi connectivity index (χ1n) is 29.8. The van der Waals surface area contributed by atoms with Crippen LogP contribution < -0.4 is 5.32 Å². The number of aliphatic hydroxyl groups excluding tert-OH is 1. The minimum absolute atomic E-state index is 0.777. The van der Waals surface area contributed by atoms with Gasteiger partial charge in [0.15, 0.2) is 98.6 Å². The van der Waals surface area contributed by atoms with Gasteiger partial charge in [-0.2, -0.15) is 0 Å². The molecule has 1 amide bonds. The van der Waals surface area contributed by atoms with Crippen LogP contribution in [0.1, 0.15) is 111 Å². The quantitative estimate of drug-likeness (QED) is 0.0716. The molecule has 0 saturated carbocycles. The van der Waals surface area contributed by atoms with Crippen molar-refractivity contribution >= 4 is 83.5 Å². The van der Waals surface area contributed by atoms with E-state index in [-0.39, 0.29) is 0 Å². The number of esters is 13. The molecule has 5 fully saturated rings. The van der Waals surface area contributed by atoms with E-state index in [1.807, 2.05) is 0 Å². The fourth-order valence-corrected chi connectivity index (χ4v) is 11.0. The van der Waals surface area contributed by atoms with Crippen molar-refractivity contribution in [2.24, 2.45) is 0 Å². The van der Waals surface area contributed by atoms with Crippen LogP contribution in [0.3, 0.4) is 0 Å². The summed E-state index contributed by atoms with van der Waals surface area (Å²) in [5, 5.41) is 14.1. The second-order valence-electron chi connectivity index (χ2n) is 22.3. The molecule has 5 rings (SSSR count). The summed E-state index contributed by atoms with van der Waals surface area (Å²) in [5.41, 5.74) is 0. The third-order valence-corrected chi connectivity index (χ3v) is 14.2. The Labute approximate surface area is 548 Å². The minimum atomic E-state index is -2.35. The van der Waals surface area contributed by atoms with E-state index in [0.717, 1.165) is 96.9 Å². The molecule has 5 heterocycles. The highest BCUT2D eigenvalue weighted by molar-refractivity contribution is 5.74. The van der Waals surface area contributed by atoms with Crippen LogP contribution in [0.2, 0.25) is 0 Å². The van der Waals surface area contributed by atoms with Crippen molar-refractivity contribution in [2.45, 2.75) is 264 Å². The van der Waals surface area contributed by atoms with Crippen LogP contribution in [0.25, 0.3) is 0 Å². The second kappa shape index (κ2) is 35.4. The van der Waals surface area contributed by atoms with Crippen LogP contribution in [-0.2, 0) is 171 Å². The monoisotopic (exact) mass is 1380 g/mol. The van der Waals surface area contributed by atoms with Gasteiger partial charge < -0.3 is 115 Å². The summed E-state index contributed by atoms with van der Waals surface area (Å²) < 4.78 is 131. The number of rotatable bonds is 25. The number of hydrogen-bond acceptors (Lipinski definition) is 37. The minimum Gasteiger partial charge on any atom is -0.463 e. The molecule has 5 aliphatic heterocycles. The van der Waals surface area contributed by atoms with Gasteiger partial charge in [0.05, 0.1) is 12.2 Å². The number of hydrogen-bond donors (Lipinski definition) is 2. The van der Waals surface area contributed by atoms with Gasteiger partial charge in [-0.25, -0.2) is 0 Å². The maximum absolute atomic E-state index is 13.9. The Morgan fingerprint density at radius 2 is 0.552 bits per heavy atom. The fraction of sp³-hybridized carbons (Fsp3) is 0.759. The molecule has 0 spiro atoms. The Balaban J connectivity index is 1.91. The van der Waals surface area contributed by atoms with Gasteiger partial charge in [-0.1, -0.05) is 0 Å². The SMILES string of the molecule is CC(=O)NC1[C@H](O[C@@H]2C(OC(C)=O)[C@H](O)OC(COC(C)=O)[C@@H]2OC(C)=O)OC(COC(C)=O)[C@H](O[C@@H]2OC(COC(C)=O)[C@H](OC(C)=O)[C@H](OC(C)=O)C2O[C@@H]2OC(C)[C@H](OC(C)=O)[C@@H](OC(C)=O)C2OC(C)=O)[C@@H]1O[C@H]1OC(C)[C@@H](OC(C)=O)C(OC(C)=O)[C@@H]1OC(C)=O. The highest BCUT2D eigenvalue weighted by Crippen LogP contribution is 2.41. The molecule has 0 aliphatic carbocycles. The van der Waals surface area contributed by atoms with Crippen molar-refractivity contribution in [3.05, 3.63) is 0 Å². The highest BCUT2D eigenvalue weighted by atomic mass is 16.8. The molecule has 540 valence electrons. The molecular weight excluding hydrogens is 1300 g/mol. The Bertz CT molecular complexity index is 2830. The highest BCUT2D eigenvalue weighted by Gasteiger charge is 2.62. The van der Waals surface area contributed by atoms with Crippen LogP contribution in [0, 0.1) is 0 Å². The van der Waals surface area contributed by atoms with E-state index in [0.29, 0.717) is 0 Å². The van der Waals surface area contributed by atoms with E-state index in [9.17, 15) is 72.2 Å². The average Bonchev–Trinajstić information content (AvgIpc) is 0.760. The zero-order chi connectivity index (χ0) is 71.9. The predicted molar refractivity (Wildman–Crippen MR) is 299 cm³/mol. The van der Waals surface area contributed by atoms with E-state index in [4.69, 9.17) is 104 Å². The van der Waals surface area contributed by atoms with Gasteiger partial charge in [0, 0.05) is 96.9 Å². The Morgan fingerprint density at radius 3 is 0.927 bits per heavy atom. The van der Waals surface area contributed by atoms with Gasteiger partial charge in [0.25, 0.3) is 0 Å². The number of nitrogens with one attached hydrogen (secondary N) is 1. The van der Waals surface area contributed by atoms with Crippen LogP contribution >= 0.6 is 0 Å². The van der Waals surface area contributed by atoms with Crippen molar-refractivity contribution in [3.63, 3.8) is 0 Å². The normalized spacial score (nSPS) is 34.9. The Morgan fingerprint density at radius 1 is 0.281 bits per heavy atom. The number of ether oxygens (including phenoxy) is 22. The lowest BCUT2D eigenvalue weighted by atomic mass is 9.93. The smallest absolute Gasteiger partial charge is 0.303 e. The largest absolute Gasteiger partial charge is 0.463 e. The molecule has 25 atom stereocenters. The fourth-order valence-electron chi connectivity index (χ4n) is 11.0. The summed E-state index contributed by atoms with van der Waals surface area (Å²) in [5.74, 6) is -14.4. The Hall–Kier alpha value is -7.82. The van der Waals surface area contributed by atoms with E-state index in [2.05, 4.69) is 5.32 Å². The molecule has 0 bridgehead atoms. The molecule has 38 nitrogen and oxygen atoms in total. The first-order valence-corrected chi connectivity index (χ1v) is 29.8. The summed E-state index contributed by atoms with van der Waals surface area (Å²) in [4.78, 5) is 182. The summed E-state index contributed by atoms with van der Waals surface area (Å²) >= 11 is 0. The summed E-state index contributed by atoms with van der Waals surface area (Å²) in [6.45, 7) is 13.3. The summed E-state index contributed by atoms with van der Waals surface area (Å²) in [6.07, 6.45) is -46.8. The van der Waals surface area contributed by atoms with Gasteiger partial charge in [-0.15, -0.1) is 0 Å². The van der Waals surface area contributed by atoms with Crippen LogP contribution in [0.15, 0.2) is 0 Å². The molecule has 0 radical (unpaired) electrons. The lowest BCUT2D eigenvalue weighted by Crippen LogP contribution is -2.72. The third kappa shape index (κ3) is 22.4. The van der Waals surface area contributed by atoms with Gasteiger partial charge in [0.1, 0.15) is 62.5 Å². The van der Waals surface area contributed by atoms with E-state index >= 15 is 0 Å². The number of amides is 1. The zero-order valence-corrected chi connectivity index (χ0v) is 55.2. The summed E-state index contributed by atoms with van der Waals surface area (Å²) in [7, 11) is 0. The lowest BCUT2D eigenvalue weighted by Gasteiger charge is -2.53. The molecular formula is C58H81NO37. The number of aliphatic hydroxyl groups is 1. The van der Waals surface area contributed by atoms with Crippen LogP contribution in [0.4, 0.5) is 0 Å². The maximum Gasteiger partial charge on any atom is 0.303 e. The predicted octanol–water partition coefficient (Wildman–Crippen LogP) is -2.31. The van der Waals surface area contributed by atoms with Crippen molar-refractivity contribution in [1.29, 1.82) is 0 Å². The van der Waals surface area contributed by atoms with Crippen LogP contribution in [0.5, 0.6) is 0 Å². The first kappa shape index (κ1) is 78.9. The van der Waals surface area contributed by atoms with Crippen molar-refractivity contribution in [1.82, 2.24) is 5.32 Å². The number of carbonyl (C=O) groups is 14. The topological polar surface area (TPSA) is 474 Å². The zero-order valence-electron chi connectivity index (χ0n) is 55.2. The maximum atomic E-state index is 13.9. The molecule has 38 heteroatoms. The van der Waals surface area contributed by atoms with Gasteiger partial charge in [0.2, 0.25) is 5.91 Å². The van der Waals surface area contributed by atoms with E-state index < -0.39 is 257 Å². The van der Waals surface area contributed by atoms with Gasteiger partial charge in [-0.05, 0) is 13.8 Å². The van der Waals surface area contributed by atoms with Gasteiger partial charge in [-0.3, -0.25) is 67.1 Å². The second-order valence-corrected chi connectivity index (χ2v) is 22.3. The molecule has 0 aromatic rings. The Kier molecular flexibility index (Phi) is 29.1. The molecule has 10 unspecified atom stereocenters. The molecule has 0 aromatic carbocycles. The summed E-state index contributed by atoms with van der Waals surface area (Å²) in [6, 6.07) is -2.07. The lowest BCUT2D eigenvalue weighted by molar-refractivity contribution is -0.398. The van der Waals surface area contributed by atoms with Crippen molar-refractivity contribution in [2.75, 3.05) is 19.8 Å².